The number of halogens is 2. The van der Waals surface area contributed by atoms with Gasteiger partial charge in [0.1, 0.15) is 5.75 Å². The summed E-state index contributed by atoms with van der Waals surface area (Å²) in [6.07, 6.45) is 0. The second-order valence-electron chi connectivity index (χ2n) is 4.06. The average molecular weight is 298 g/mol. The lowest BCUT2D eigenvalue weighted by Gasteiger charge is -2.11. The van der Waals surface area contributed by atoms with Crippen LogP contribution in [0.2, 0.25) is 10.2 Å². The minimum Gasteiger partial charge on any atom is -0.495 e. The molecule has 1 aromatic heterocycles. The molecule has 1 heterocycles. The number of anilines is 2. The van der Waals surface area contributed by atoms with E-state index < -0.39 is 0 Å². The number of methoxy groups -OCH3 is 1. The van der Waals surface area contributed by atoms with Gasteiger partial charge in [0, 0.05) is 5.69 Å². The van der Waals surface area contributed by atoms with Crippen LogP contribution in [0.15, 0.2) is 18.2 Å². The zero-order chi connectivity index (χ0) is 14.0. The molecule has 6 heteroatoms. The van der Waals surface area contributed by atoms with Gasteiger partial charge in [0.15, 0.2) is 11.0 Å². The summed E-state index contributed by atoms with van der Waals surface area (Å²) in [5.74, 6) is 1.28. The fraction of sp³-hybridized carbons (Fsp3) is 0.231. The third kappa shape index (κ3) is 2.91. The summed E-state index contributed by atoms with van der Waals surface area (Å²) in [5.41, 5.74) is 2.66. The zero-order valence-corrected chi connectivity index (χ0v) is 12.3. The normalized spacial score (nSPS) is 10.4. The van der Waals surface area contributed by atoms with Crippen molar-refractivity contribution in [1.29, 1.82) is 0 Å². The van der Waals surface area contributed by atoms with Crippen LogP contribution in [0.4, 0.5) is 11.5 Å². The van der Waals surface area contributed by atoms with Crippen molar-refractivity contribution in [3.05, 3.63) is 39.5 Å². The predicted molar refractivity (Wildman–Crippen MR) is 77.8 cm³/mol. The Labute approximate surface area is 121 Å². The van der Waals surface area contributed by atoms with Gasteiger partial charge in [-0.15, -0.1) is 10.2 Å². The van der Waals surface area contributed by atoms with Gasteiger partial charge in [-0.1, -0.05) is 23.2 Å². The molecule has 0 spiro atoms. The van der Waals surface area contributed by atoms with Crippen LogP contribution in [-0.2, 0) is 0 Å². The molecular formula is C13H13Cl2N3O. The van der Waals surface area contributed by atoms with E-state index in [1.54, 1.807) is 19.2 Å². The molecule has 2 aromatic rings. The summed E-state index contributed by atoms with van der Waals surface area (Å²) in [6.45, 7) is 3.84. The van der Waals surface area contributed by atoms with Crippen LogP contribution < -0.4 is 10.1 Å². The van der Waals surface area contributed by atoms with Crippen molar-refractivity contribution >= 4 is 34.7 Å². The summed E-state index contributed by atoms with van der Waals surface area (Å²) >= 11 is 12.0. The molecule has 1 aromatic carbocycles. The maximum Gasteiger partial charge on any atom is 0.156 e. The summed E-state index contributed by atoms with van der Waals surface area (Å²) in [4.78, 5) is 0. The maximum absolute atomic E-state index is 6.07. The largest absolute Gasteiger partial charge is 0.495 e. The first-order valence-corrected chi connectivity index (χ1v) is 6.38. The van der Waals surface area contributed by atoms with E-state index in [0.717, 1.165) is 16.8 Å². The Hall–Kier alpha value is -1.52. The third-order valence-corrected chi connectivity index (χ3v) is 3.53. The van der Waals surface area contributed by atoms with E-state index in [1.807, 2.05) is 19.9 Å². The van der Waals surface area contributed by atoms with Gasteiger partial charge in [0.2, 0.25) is 0 Å². The van der Waals surface area contributed by atoms with Gasteiger partial charge >= 0.3 is 0 Å². The van der Waals surface area contributed by atoms with E-state index in [1.165, 1.54) is 0 Å². The van der Waals surface area contributed by atoms with Crippen molar-refractivity contribution in [3.8, 4) is 5.75 Å². The van der Waals surface area contributed by atoms with E-state index in [0.29, 0.717) is 21.7 Å². The van der Waals surface area contributed by atoms with Gasteiger partial charge in [-0.3, -0.25) is 0 Å². The van der Waals surface area contributed by atoms with Crippen LogP contribution in [0.25, 0.3) is 0 Å². The summed E-state index contributed by atoms with van der Waals surface area (Å²) in [6, 6.07) is 5.41. The number of hydrogen-bond acceptors (Lipinski definition) is 4. The lowest BCUT2D eigenvalue weighted by molar-refractivity contribution is 0.415. The first-order chi connectivity index (χ1) is 9.02. The molecule has 100 valence electrons. The molecule has 0 amide bonds. The number of benzene rings is 1. The van der Waals surface area contributed by atoms with Crippen LogP contribution in [0.1, 0.15) is 11.1 Å². The fourth-order valence-corrected chi connectivity index (χ4v) is 2.01. The Morgan fingerprint density at radius 2 is 1.84 bits per heavy atom. The molecule has 0 bridgehead atoms. The Morgan fingerprint density at radius 1 is 1.11 bits per heavy atom. The van der Waals surface area contributed by atoms with Crippen molar-refractivity contribution in [2.45, 2.75) is 13.8 Å². The molecule has 0 radical (unpaired) electrons. The average Bonchev–Trinajstić information content (AvgIpc) is 2.40. The quantitative estimate of drug-likeness (QED) is 0.924. The molecule has 2 rings (SSSR count). The molecule has 0 unspecified atom stereocenters. The Balaban J connectivity index is 2.31. The highest BCUT2D eigenvalue weighted by Crippen LogP contribution is 2.29. The number of rotatable bonds is 3. The van der Waals surface area contributed by atoms with Gasteiger partial charge in [0.25, 0.3) is 0 Å². The van der Waals surface area contributed by atoms with Crippen LogP contribution in [0.3, 0.4) is 0 Å². The number of ether oxygens (including phenoxy) is 1. The SMILES string of the molecule is COc1ccc(Nc2nnc(Cl)c(C)c2C)cc1Cl. The molecule has 0 saturated carbocycles. The van der Waals surface area contributed by atoms with E-state index in [4.69, 9.17) is 27.9 Å². The molecule has 19 heavy (non-hydrogen) atoms. The van der Waals surface area contributed by atoms with E-state index >= 15 is 0 Å². The van der Waals surface area contributed by atoms with Gasteiger partial charge in [-0.05, 0) is 43.2 Å². The van der Waals surface area contributed by atoms with Gasteiger partial charge in [-0.2, -0.15) is 0 Å². The van der Waals surface area contributed by atoms with Crippen molar-refractivity contribution in [1.82, 2.24) is 10.2 Å². The second kappa shape index (κ2) is 5.63. The first-order valence-electron chi connectivity index (χ1n) is 5.63. The minimum absolute atomic E-state index is 0.413. The van der Waals surface area contributed by atoms with Crippen molar-refractivity contribution in [2.24, 2.45) is 0 Å². The Kier molecular flexibility index (Phi) is 4.12. The predicted octanol–water partition coefficient (Wildman–Crippen LogP) is 4.15. The van der Waals surface area contributed by atoms with Gasteiger partial charge in [0.05, 0.1) is 12.1 Å². The highest BCUT2D eigenvalue weighted by molar-refractivity contribution is 6.32. The molecule has 0 aliphatic rings. The van der Waals surface area contributed by atoms with E-state index in [-0.39, 0.29) is 0 Å². The molecule has 0 aliphatic heterocycles. The van der Waals surface area contributed by atoms with Crippen LogP contribution in [-0.4, -0.2) is 17.3 Å². The standard InChI is InChI=1S/C13H13Cl2N3O/c1-7-8(2)13(18-17-12(7)15)16-9-4-5-11(19-3)10(14)6-9/h4-6H,1-3H3,(H,16,18). The molecule has 0 aliphatic carbocycles. The molecule has 0 saturated heterocycles. The minimum atomic E-state index is 0.413. The summed E-state index contributed by atoms with van der Waals surface area (Å²) < 4.78 is 5.10. The lowest BCUT2D eigenvalue weighted by atomic mass is 10.2. The third-order valence-electron chi connectivity index (χ3n) is 2.88. The highest BCUT2D eigenvalue weighted by atomic mass is 35.5. The molecule has 0 fully saturated rings. The van der Waals surface area contributed by atoms with Crippen LogP contribution in [0, 0.1) is 13.8 Å². The number of aromatic nitrogens is 2. The maximum atomic E-state index is 6.07. The van der Waals surface area contributed by atoms with Crippen molar-refractivity contribution in [2.75, 3.05) is 12.4 Å². The van der Waals surface area contributed by atoms with E-state index in [9.17, 15) is 0 Å². The van der Waals surface area contributed by atoms with Gasteiger partial charge in [-0.25, -0.2) is 0 Å². The molecule has 1 N–H and O–H groups in total. The summed E-state index contributed by atoms with van der Waals surface area (Å²) in [7, 11) is 1.58. The molecule has 0 atom stereocenters. The van der Waals surface area contributed by atoms with Crippen molar-refractivity contribution in [3.63, 3.8) is 0 Å². The lowest BCUT2D eigenvalue weighted by Crippen LogP contribution is -2.01. The number of nitrogens with one attached hydrogen (secondary N) is 1. The smallest absolute Gasteiger partial charge is 0.156 e. The topological polar surface area (TPSA) is 47.0 Å². The zero-order valence-electron chi connectivity index (χ0n) is 10.8. The van der Waals surface area contributed by atoms with Crippen LogP contribution in [0.5, 0.6) is 5.75 Å². The molecule has 4 nitrogen and oxygen atoms in total. The Morgan fingerprint density at radius 3 is 2.47 bits per heavy atom. The number of hydrogen-bond donors (Lipinski definition) is 1. The Bertz CT molecular complexity index is 617. The van der Waals surface area contributed by atoms with Crippen LogP contribution >= 0.6 is 23.2 Å². The highest BCUT2D eigenvalue weighted by Gasteiger charge is 2.09. The molecular weight excluding hydrogens is 285 g/mol. The van der Waals surface area contributed by atoms with Crippen molar-refractivity contribution < 1.29 is 4.74 Å². The second-order valence-corrected chi connectivity index (χ2v) is 4.83. The monoisotopic (exact) mass is 297 g/mol. The van der Waals surface area contributed by atoms with Gasteiger partial charge < -0.3 is 10.1 Å². The fourth-order valence-electron chi connectivity index (χ4n) is 1.58. The number of nitrogens with zero attached hydrogens (tertiary/aromatic N) is 2. The van der Waals surface area contributed by atoms with E-state index in [2.05, 4.69) is 15.5 Å². The first kappa shape index (κ1) is 13.9. The summed E-state index contributed by atoms with van der Waals surface area (Å²) in [5, 5.41) is 12.0.